The average Bonchev–Trinajstić information content (AvgIpc) is 1.63. The smallest absolute Gasteiger partial charge is 0.331 e. The van der Waals surface area contributed by atoms with Crippen LogP contribution in [-0.4, -0.2) is 22.2 Å². The number of rotatable bonds is 2. The third kappa shape index (κ3) is 8.60. The Labute approximate surface area is 63.7 Å². The van der Waals surface area contributed by atoms with Gasteiger partial charge >= 0.3 is 11.9 Å². The first kappa shape index (κ1) is 16.3. The Bertz CT molecular complexity index is 175. The van der Waals surface area contributed by atoms with Crippen LogP contribution in [0.5, 0.6) is 0 Å². The molecule has 6 nitrogen and oxygen atoms in total. The van der Waals surface area contributed by atoms with E-state index in [1.165, 1.54) is 6.92 Å². The fourth-order valence-corrected chi connectivity index (χ4v) is 0.247. The van der Waals surface area contributed by atoms with Crippen molar-refractivity contribution in [2.24, 2.45) is 0 Å². The highest BCUT2D eigenvalue weighted by Gasteiger charge is 2.00. The van der Waals surface area contributed by atoms with Gasteiger partial charge < -0.3 is 22.5 Å². The summed E-state index contributed by atoms with van der Waals surface area (Å²) in [5, 5.41) is 16.1. The molecule has 0 spiro atoms. The molecule has 0 heterocycles. The summed E-state index contributed by atoms with van der Waals surface area (Å²) in [6.45, 7) is 1.22. The van der Waals surface area contributed by atoms with E-state index in [1.807, 2.05) is 0 Å². The van der Waals surface area contributed by atoms with Crippen molar-refractivity contribution in [2.45, 2.75) is 6.92 Å². The molecule has 0 aromatic heterocycles. The Balaban J connectivity index is -0.000000320. The van der Waals surface area contributed by atoms with Crippen molar-refractivity contribution in [1.29, 1.82) is 0 Å². The van der Waals surface area contributed by atoms with Gasteiger partial charge in [-0.25, -0.2) is 9.59 Å². The molecule has 6 heteroatoms. The van der Waals surface area contributed by atoms with E-state index < -0.39 is 11.9 Å². The van der Waals surface area contributed by atoms with E-state index in [1.54, 1.807) is 0 Å². The van der Waals surface area contributed by atoms with Crippen LogP contribution in [-0.2, 0) is 9.59 Å². The first-order valence-electron chi connectivity index (χ1n) is 2.18. The summed E-state index contributed by atoms with van der Waals surface area (Å²) in [7, 11) is 0. The molecule has 0 aliphatic rings. The van der Waals surface area contributed by atoms with E-state index in [4.69, 9.17) is 10.2 Å². The highest BCUT2D eigenvalue weighted by molar-refractivity contribution is 5.93. The van der Waals surface area contributed by atoms with Gasteiger partial charge in [-0.15, -0.1) is 0 Å². The third-order valence-corrected chi connectivity index (χ3v) is 0.677. The van der Waals surface area contributed by atoms with Crippen LogP contribution in [0.1, 0.15) is 6.92 Å². The topological polar surface area (TPSA) is 145 Å². The van der Waals surface area contributed by atoms with Crippen LogP contribution in [0.2, 0.25) is 0 Å². The molecule has 0 unspecified atom stereocenters. The van der Waals surface area contributed by atoms with E-state index in [9.17, 15) is 9.59 Å². The zero-order valence-corrected chi connectivity index (χ0v) is 6.20. The van der Waals surface area contributed by atoms with E-state index in [-0.39, 0.29) is 17.9 Å². The lowest BCUT2D eigenvalue weighted by molar-refractivity contribution is -0.135. The lowest BCUT2D eigenvalue weighted by Crippen LogP contribution is -1.99. The van der Waals surface area contributed by atoms with Crippen molar-refractivity contribution >= 4 is 11.9 Å². The zero-order valence-electron chi connectivity index (χ0n) is 6.20. The van der Waals surface area contributed by atoms with Crippen LogP contribution in [0, 0.1) is 0 Å². The second-order valence-electron chi connectivity index (χ2n) is 1.47. The second-order valence-corrected chi connectivity index (χ2v) is 1.47. The van der Waals surface area contributed by atoms with Gasteiger partial charge in [0.05, 0.1) is 0 Å². The number of carboxylic acid groups (broad SMARTS) is 2. The summed E-state index contributed by atoms with van der Waals surface area (Å²) in [4.78, 5) is 19.7. The minimum atomic E-state index is -1.24. The Hall–Kier alpha value is -1.40. The highest BCUT2D eigenvalue weighted by atomic mass is 16.4. The minimum Gasteiger partial charge on any atom is -0.478 e. The van der Waals surface area contributed by atoms with Gasteiger partial charge in [-0.1, -0.05) is 0 Å². The lowest BCUT2D eigenvalue weighted by atomic mass is 10.3. The van der Waals surface area contributed by atoms with E-state index in [2.05, 4.69) is 0 Å². The fraction of sp³-hybridized carbons (Fsp3) is 0.200. The number of hydrogen-bond acceptors (Lipinski definition) is 4. The number of carboxylic acids is 2. The van der Waals surface area contributed by atoms with Crippen molar-refractivity contribution < 1.29 is 19.8 Å². The molecule has 0 aliphatic heterocycles. The molecule has 0 radical (unpaired) electrons. The maximum absolute atomic E-state index is 9.90. The zero-order chi connectivity index (χ0) is 7.44. The maximum Gasteiger partial charge on any atom is 0.331 e. The molecule has 0 atom stereocenters. The molecule has 0 saturated heterocycles. The summed E-state index contributed by atoms with van der Waals surface area (Å²) >= 11 is 0. The molecule has 0 bridgehead atoms. The molecule has 0 fully saturated rings. The summed E-state index contributed by atoms with van der Waals surface area (Å²) < 4.78 is 0. The largest absolute Gasteiger partial charge is 0.478 e. The van der Waals surface area contributed by atoms with Gasteiger partial charge in [0.2, 0.25) is 0 Å². The molecule has 8 N–H and O–H groups in total. The summed E-state index contributed by atoms with van der Waals surface area (Å²) in [6.07, 6.45) is 0.641. The van der Waals surface area contributed by atoms with Gasteiger partial charge in [-0.05, 0) is 6.92 Å². The molecule has 11 heavy (non-hydrogen) atoms. The Morgan fingerprint density at radius 3 is 1.64 bits per heavy atom. The van der Waals surface area contributed by atoms with Gasteiger partial charge in [-0.3, -0.25) is 0 Å². The number of aliphatic carboxylic acids is 2. The summed E-state index contributed by atoms with van der Waals surface area (Å²) in [5.74, 6) is -2.45. The van der Waals surface area contributed by atoms with Gasteiger partial charge in [-0.2, -0.15) is 0 Å². The lowest BCUT2D eigenvalue weighted by Gasteiger charge is -1.86. The molecule has 0 saturated carbocycles. The first-order valence-corrected chi connectivity index (χ1v) is 2.18. The van der Waals surface area contributed by atoms with Gasteiger partial charge in [0.1, 0.15) is 0 Å². The molecule has 66 valence electrons. The van der Waals surface area contributed by atoms with Gasteiger partial charge in [0.25, 0.3) is 0 Å². The van der Waals surface area contributed by atoms with Crippen LogP contribution in [0.25, 0.3) is 0 Å². The summed E-state index contributed by atoms with van der Waals surface area (Å²) in [5.41, 5.74) is -0.178. The Morgan fingerprint density at radius 2 is 1.55 bits per heavy atom. The highest BCUT2D eigenvalue weighted by Crippen LogP contribution is 1.89. The van der Waals surface area contributed by atoms with E-state index >= 15 is 0 Å². The molecule has 0 aliphatic carbocycles. The van der Waals surface area contributed by atoms with E-state index in [0.717, 1.165) is 0 Å². The standard InChI is InChI=1S/C5H6O4.2H3N/c1-3(5(8)9)2-4(6)7;;/h2H,1H3,(H,6,7)(H,8,9);2*1H3. The van der Waals surface area contributed by atoms with Gasteiger partial charge in [0, 0.05) is 11.6 Å². The number of hydrogen-bond donors (Lipinski definition) is 4. The maximum atomic E-state index is 9.90. The molecular weight excluding hydrogens is 152 g/mol. The quantitative estimate of drug-likeness (QED) is 0.435. The monoisotopic (exact) mass is 164 g/mol. The molecular formula is C5H12N2O4. The predicted octanol–water partition coefficient (Wildman–Crippen LogP) is 0.426. The van der Waals surface area contributed by atoms with Crippen LogP contribution >= 0.6 is 0 Å². The first-order chi connectivity index (χ1) is 4.04. The van der Waals surface area contributed by atoms with Crippen molar-refractivity contribution in [1.82, 2.24) is 12.3 Å². The van der Waals surface area contributed by atoms with Crippen LogP contribution in [0.4, 0.5) is 0 Å². The van der Waals surface area contributed by atoms with Crippen LogP contribution in [0.15, 0.2) is 11.6 Å². The molecule has 0 amide bonds. The van der Waals surface area contributed by atoms with Crippen molar-refractivity contribution in [2.75, 3.05) is 0 Å². The van der Waals surface area contributed by atoms with Crippen molar-refractivity contribution in [3.8, 4) is 0 Å². The van der Waals surface area contributed by atoms with Gasteiger partial charge in [0.15, 0.2) is 0 Å². The Kier molecular flexibility index (Phi) is 9.95. The normalized spacial score (nSPS) is 9.00. The average molecular weight is 164 g/mol. The Morgan fingerprint density at radius 1 is 1.18 bits per heavy atom. The van der Waals surface area contributed by atoms with Crippen molar-refractivity contribution in [3.05, 3.63) is 11.6 Å². The third-order valence-electron chi connectivity index (χ3n) is 0.677. The van der Waals surface area contributed by atoms with Crippen LogP contribution < -0.4 is 12.3 Å². The fourth-order valence-electron chi connectivity index (χ4n) is 0.247. The summed E-state index contributed by atoms with van der Waals surface area (Å²) in [6, 6.07) is 0. The SMILES string of the molecule is CC(=CC(=O)O)C(=O)O.N.N. The molecule has 0 rings (SSSR count). The number of carbonyl (C=O) groups is 2. The molecule has 0 aromatic carbocycles. The second kappa shape index (κ2) is 6.72. The predicted molar refractivity (Wildman–Crippen MR) is 39.1 cm³/mol. The minimum absolute atomic E-state index is 0. The van der Waals surface area contributed by atoms with Crippen molar-refractivity contribution in [3.63, 3.8) is 0 Å². The van der Waals surface area contributed by atoms with E-state index in [0.29, 0.717) is 6.08 Å². The van der Waals surface area contributed by atoms with Crippen LogP contribution in [0.3, 0.4) is 0 Å². The molecule has 0 aromatic rings.